The topological polar surface area (TPSA) is 44.8 Å². The molecule has 0 aromatic heterocycles. The predicted octanol–water partition coefficient (Wildman–Crippen LogP) is 1.79. The number of nitrogens with one attached hydrogen (secondary N) is 1. The van der Waals surface area contributed by atoms with Gasteiger partial charge >= 0.3 is 6.03 Å². The van der Waals surface area contributed by atoms with Crippen molar-refractivity contribution in [2.45, 2.75) is 19.1 Å². The normalized spacial score (nSPS) is 22.4. The van der Waals surface area contributed by atoms with E-state index in [1.165, 1.54) is 6.07 Å². The molecule has 1 unspecified atom stereocenters. The number of hydrogen-bond acceptors (Lipinski definition) is 3. The molecule has 0 bridgehead atoms. The van der Waals surface area contributed by atoms with E-state index in [1.54, 1.807) is 17.0 Å². The van der Waals surface area contributed by atoms with Crippen LogP contribution in [-0.2, 0) is 4.74 Å². The van der Waals surface area contributed by atoms with Gasteiger partial charge in [0.05, 0.1) is 5.69 Å². The molecule has 114 valence electrons. The molecule has 0 aliphatic carbocycles. The SMILES string of the molecule is O=C(NC1CCCO1)N1CCN(c2ccccc2F)CC1. The fourth-order valence-electron chi connectivity index (χ4n) is 2.78. The Morgan fingerprint density at radius 1 is 1.24 bits per heavy atom. The third-order valence-corrected chi connectivity index (χ3v) is 3.97. The summed E-state index contributed by atoms with van der Waals surface area (Å²) in [4.78, 5) is 15.8. The summed E-state index contributed by atoms with van der Waals surface area (Å²) in [5.41, 5.74) is 0.608. The highest BCUT2D eigenvalue weighted by molar-refractivity contribution is 5.74. The molecule has 0 saturated carbocycles. The van der Waals surface area contributed by atoms with Crippen LogP contribution in [0, 0.1) is 5.82 Å². The zero-order valence-electron chi connectivity index (χ0n) is 11.9. The van der Waals surface area contributed by atoms with E-state index in [0.29, 0.717) is 38.5 Å². The van der Waals surface area contributed by atoms with Crippen molar-refractivity contribution in [1.29, 1.82) is 0 Å². The molecule has 0 spiro atoms. The number of nitrogens with zero attached hydrogens (tertiary/aromatic N) is 2. The minimum absolute atomic E-state index is 0.0879. The van der Waals surface area contributed by atoms with Crippen molar-refractivity contribution < 1.29 is 13.9 Å². The maximum Gasteiger partial charge on any atom is 0.319 e. The molecule has 2 amide bonds. The highest BCUT2D eigenvalue weighted by Crippen LogP contribution is 2.20. The van der Waals surface area contributed by atoms with Crippen LogP contribution < -0.4 is 10.2 Å². The van der Waals surface area contributed by atoms with Gasteiger partial charge in [-0.25, -0.2) is 9.18 Å². The molecule has 1 aromatic rings. The van der Waals surface area contributed by atoms with Crippen molar-refractivity contribution in [3.8, 4) is 0 Å². The van der Waals surface area contributed by atoms with Gasteiger partial charge in [0.25, 0.3) is 0 Å². The second kappa shape index (κ2) is 6.30. The number of carbonyl (C=O) groups excluding carboxylic acids is 1. The number of amides is 2. The lowest BCUT2D eigenvalue weighted by molar-refractivity contribution is 0.0831. The van der Waals surface area contributed by atoms with Crippen molar-refractivity contribution in [2.24, 2.45) is 0 Å². The van der Waals surface area contributed by atoms with Gasteiger partial charge in [-0.1, -0.05) is 12.1 Å². The lowest BCUT2D eigenvalue weighted by Gasteiger charge is -2.36. The average molecular weight is 293 g/mol. The minimum Gasteiger partial charge on any atom is -0.366 e. The van der Waals surface area contributed by atoms with Crippen LogP contribution in [0.15, 0.2) is 24.3 Å². The number of piperazine rings is 1. The average Bonchev–Trinajstić information content (AvgIpc) is 3.01. The van der Waals surface area contributed by atoms with Crippen LogP contribution in [0.25, 0.3) is 0 Å². The molecule has 2 aliphatic rings. The van der Waals surface area contributed by atoms with E-state index in [2.05, 4.69) is 5.32 Å². The van der Waals surface area contributed by atoms with Crippen LogP contribution in [0.3, 0.4) is 0 Å². The Bertz CT molecular complexity index is 497. The van der Waals surface area contributed by atoms with E-state index in [4.69, 9.17) is 4.74 Å². The van der Waals surface area contributed by atoms with Crippen LogP contribution in [0.5, 0.6) is 0 Å². The highest BCUT2D eigenvalue weighted by atomic mass is 19.1. The number of para-hydroxylation sites is 1. The van der Waals surface area contributed by atoms with Gasteiger partial charge in [-0.05, 0) is 25.0 Å². The lowest BCUT2D eigenvalue weighted by Crippen LogP contribution is -2.53. The van der Waals surface area contributed by atoms with E-state index in [1.807, 2.05) is 11.0 Å². The highest BCUT2D eigenvalue weighted by Gasteiger charge is 2.25. The summed E-state index contributed by atoms with van der Waals surface area (Å²) in [6, 6.07) is 6.66. The van der Waals surface area contributed by atoms with Gasteiger partial charge in [0, 0.05) is 32.8 Å². The first kappa shape index (κ1) is 14.1. The monoisotopic (exact) mass is 293 g/mol. The van der Waals surface area contributed by atoms with Crippen molar-refractivity contribution in [2.75, 3.05) is 37.7 Å². The van der Waals surface area contributed by atoms with E-state index >= 15 is 0 Å². The molecule has 5 nitrogen and oxygen atoms in total. The number of ether oxygens (including phenoxy) is 1. The zero-order chi connectivity index (χ0) is 14.7. The number of benzene rings is 1. The Morgan fingerprint density at radius 3 is 2.67 bits per heavy atom. The summed E-state index contributed by atoms with van der Waals surface area (Å²) in [5.74, 6) is -0.213. The molecule has 2 saturated heterocycles. The Kier molecular flexibility index (Phi) is 4.24. The van der Waals surface area contributed by atoms with Gasteiger partial charge in [-0.15, -0.1) is 0 Å². The summed E-state index contributed by atoms with van der Waals surface area (Å²) < 4.78 is 19.2. The van der Waals surface area contributed by atoms with Crippen molar-refractivity contribution in [3.63, 3.8) is 0 Å². The predicted molar refractivity (Wildman–Crippen MR) is 77.7 cm³/mol. The molecule has 2 aliphatic heterocycles. The molecule has 0 radical (unpaired) electrons. The standard InChI is InChI=1S/C15H20FN3O2/c16-12-4-1-2-5-13(12)18-7-9-19(10-8-18)15(20)17-14-6-3-11-21-14/h1-2,4-5,14H,3,6-11H2,(H,17,20). The molecule has 3 rings (SSSR count). The number of urea groups is 1. The summed E-state index contributed by atoms with van der Waals surface area (Å²) in [5, 5.41) is 2.89. The largest absolute Gasteiger partial charge is 0.366 e. The number of halogens is 1. The molecule has 1 atom stereocenters. The summed E-state index contributed by atoms with van der Waals surface area (Å²) in [7, 11) is 0. The Labute approximate surface area is 123 Å². The number of hydrogen-bond donors (Lipinski definition) is 1. The van der Waals surface area contributed by atoms with Crippen LogP contribution in [0.2, 0.25) is 0 Å². The fourth-order valence-corrected chi connectivity index (χ4v) is 2.78. The molecule has 1 aromatic carbocycles. The summed E-state index contributed by atoms with van der Waals surface area (Å²) in [6.07, 6.45) is 1.72. The summed E-state index contributed by atoms with van der Waals surface area (Å²) >= 11 is 0. The third-order valence-electron chi connectivity index (χ3n) is 3.97. The second-order valence-electron chi connectivity index (χ2n) is 5.38. The smallest absolute Gasteiger partial charge is 0.319 e. The van der Waals surface area contributed by atoms with Crippen LogP contribution in [0.4, 0.5) is 14.9 Å². The van der Waals surface area contributed by atoms with Gasteiger partial charge in [0.1, 0.15) is 12.0 Å². The van der Waals surface area contributed by atoms with Gasteiger partial charge in [-0.3, -0.25) is 0 Å². The zero-order valence-corrected chi connectivity index (χ0v) is 11.9. The van der Waals surface area contributed by atoms with Gasteiger partial charge in [-0.2, -0.15) is 0 Å². The second-order valence-corrected chi connectivity index (χ2v) is 5.38. The lowest BCUT2D eigenvalue weighted by atomic mass is 10.2. The van der Waals surface area contributed by atoms with Crippen LogP contribution in [0.1, 0.15) is 12.8 Å². The van der Waals surface area contributed by atoms with Gasteiger partial charge in [0.2, 0.25) is 0 Å². The first-order valence-electron chi connectivity index (χ1n) is 7.40. The first-order chi connectivity index (χ1) is 10.2. The van der Waals surface area contributed by atoms with E-state index in [9.17, 15) is 9.18 Å². The van der Waals surface area contributed by atoms with Crippen LogP contribution >= 0.6 is 0 Å². The van der Waals surface area contributed by atoms with Gasteiger partial charge in [0.15, 0.2) is 0 Å². The third kappa shape index (κ3) is 3.26. The first-order valence-corrected chi connectivity index (χ1v) is 7.40. The van der Waals surface area contributed by atoms with Crippen LogP contribution in [-0.4, -0.2) is 49.9 Å². The van der Waals surface area contributed by atoms with Gasteiger partial charge < -0.3 is 19.9 Å². The van der Waals surface area contributed by atoms with Crippen molar-refractivity contribution in [1.82, 2.24) is 10.2 Å². The molecular formula is C15H20FN3O2. The Balaban J connectivity index is 1.52. The molecular weight excluding hydrogens is 273 g/mol. The maximum absolute atomic E-state index is 13.7. The Morgan fingerprint density at radius 2 is 2.00 bits per heavy atom. The number of carbonyl (C=O) groups is 1. The molecule has 1 N–H and O–H groups in total. The molecule has 21 heavy (non-hydrogen) atoms. The van der Waals surface area contributed by atoms with Crippen molar-refractivity contribution in [3.05, 3.63) is 30.1 Å². The fraction of sp³-hybridized carbons (Fsp3) is 0.533. The van der Waals surface area contributed by atoms with E-state index in [-0.39, 0.29) is 18.1 Å². The quantitative estimate of drug-likeness (QED) is 0.904. The molecule has 6 heteroatoms. The van der Waals surface area contributed by atoms with E-state index in [0.717, 1.165) is 12.8 Å². The molecule has 2 fully saturated rings. The number of rotatable bonds is 2. The Hall–Kier alpha value is -1.82. The summed E-state index contributed by atoms with van der Waals surface area (Å²) in [6.45, 7) is 3.17. The molecule has 2 heterocycles. The van der Waals surface area contributed by atoms with Crippen molar-refractivity contribution >= 4 is 11.7 Å². The van der Waals surface area contributed by atoms with E-state index < -0.39 is 0 Å². The minimum atomic E-state index is -0.213. The number of anilines is 1. The maximum atomic E-state index is 13.7.